The van der Waals surface area contributed by atoms with Crippen molar-refractivity contribution >= 4 is 11.7 Å². The van der Waals surface area contributed by atoms with Gasteiger partial charge in [-0.2, -0.15) is 0 Å². The van der Waals surface area contributed by atoms with E-state index in [2.05, 4.69) is 14.8 Å². The molecule has 1 aromatic heterocycles. The minimum absolute atomic E-state index is 0.125. The molecule has 5 nitrogen and oxygen atoms in total. The summed E-state index contributed by atoms with van der Waals surface area (Å²) in [7, 11) is 0. The lowest BCUT2D eigenvalue weighted by molar-refractivity contribution is -0.149. The number of carbonyl (C=O) groups is 1. The molecule has 0 aromatic carbocycles. The van der Waals surface area contributed by atoms with Gasteiger partial charge in [0.15, 0.2) is 0 Å². The number of aromatic nitrogens is 1. The lowest BCUT2D eigenvalue weighted by Crippen LogP contribution is -2.52. The molecular weight excluding hydrogens is 242 g/mol. The van der Waals surface area contributed by atoms with Gasteiger partial charge in [-0.15, -0.1) is 0 Å². The van der Waals surface area contributed by atoms with E-state index in [1.165, 1.54) is 5.69 Å². The molecule has 1 fully saturated rings. The van der Waals surface area contributed by atoms with Gasteiger partial charge in [-0.3, -0.25) is 14.7 Å². The smallest absolute Gasteiger partial charge is 0.323 e. The molecule has 0 N–H and O–H groups in total. The van der Waals surface area contributed by atoms with Crippen LogP contribution in [0.25, 0.3) is 0 Å². The zero-order valence-electron chi connectivity index (χ0n) is 11.6. The number of pyridine rings is 1. The average Bonchev–Trinajstić information content (AvgIpc) is 2.48. The second kappa shape index (κ2) is 6.52. The number of hydrogen-bond acceptors (Lipinski definition) is 5. The van der Waals surface area contributed by atoms with Gasteiger partial charge in [-0.1, -0.05) is 0 Å². The third kappa shape index (κ3) is 3.44. The minimum atomic E-state index is -0.153. The van der Waals surface area contributed by atoms with Crippen LogP contribution in [0.2, 0.25) is 0 Å². The molecule has 1 saturated heterocycles. The van der Waals surface area contributed by atoms with Crippen molar-refractivity contribution in [2.24, 2.45) is 0 Å². The lowest BCUT2D eigenvalue weighted by atomic mass is 10.2. The summed E-state index contributed by atoms with van der Waals surface area (Å²) in [6, 6.07) is 3.88. The summed E-state index contributed by atoms with van der Waals surface area (Å²) < 4.78 is 5.07. The molecule has 0 radical (unpaired) electrons. The molecule has 1 aliphatic rings. The average molecular weight is 263 g/mol. The molecule has 2 heterocycles. The number of anilines is 1. The summed E-state index contributed by atoms with van der Waals surface area (Å²) in [5.41, 5.74) is 1.19. The molecular formula is C14H21N3O2. The fraction of sp³-hybridized carbons (Fsp3) is 0.571. The molecule has 5 heteroatoms. The SMILES string of the molecule is CCOC(=O)C(C)N1CCN(c2ccncc2)CC1. The molecule has 2 rings (SSSR count). The van der Waals surface area contributed by atoms with Crippen LogP contribution in [0.4, 0.5) is 5.69 Å². The zero-order chi connectivity index (χ0) is 13.7. The third-order valence-electron chi connectivity index (χ3n) is 3.52. The molecule has 1 aromatic rings. The van der Waals surface area contributed by atoms with E-state index in [9.17, 15) is 4.79 Å². The summed E-state index contributed by atoms with van der Waals surface area (Å²) in [6.45, 7) is 7.80. The molecule has 0 spiro atoms. The predicted molar refractivity (Wildman–Crippen MR) is 74.1 cm³/mol. The summed E-state index contributed by atoms with van der Waals surface area (Å²) in [5, 5.41) is 0. The Labute approximate surface area is 114 Å². The summed E-state index contributed by atoms with van der Waals surface area (Å²) >= 11 is 0. The zero-order valence-corrected chi connectivity index (χ0v) is 11.6. The number of hydrogen-bond donors (Lipinski definition) is 0. The first-order valence-electron chi connectivity index (χ1n) is 6.78. The van der Waals surface area contributed by atoms with Crippen LogP contribution >= 0.6 is 0 Å². The molecule has 1 unspecified atom stereocenters. The Morgan fingerprint density at radius 1 is 1.32 bits per heavy atom. The molecule has 104 valence electrons. The Bertz CT molecular complexity index is 402. The first kappa shape index (κ1) is 13.8. The van der Waals surface area contributed by atoms with Crippen molar-refractivity contribution in [3.05, 3.63) is 24.5 Å². The molecule has 0 bridgehead atoms. The summed E-state index contributed by atoms with van der Waals surface area (Å²) in [6.07, 6.45) is 3.62. The van der Waals surface area contributed by atoms with Gasteiger partial charge in [0, 0.05) is 44.3 Å². The van der Waals surface area contributed by atoms with Crippen LogP contribution < -0.4 is 4.90 Å². The highest BCUT2D eigenvalue weighted by Gasteiger charge is 2.26. The fourth-order valence-corrected chi connectivity index (χ4v) is 2.33. The maximum atomic E-state index is 11.7. The van der Waals surface area contributed by atoms with Crippen molar-refractivity contribution in [1.82, 2.24) is 9.88 Å². The van der Waals surface area contributed by atoms with E-state index < -0.39 is 0 Å². The topological polar surface area (TPSA) is 45.7 Å². The molecule has 19 heavy (non-hydrogen) atoms. The van der Waals surface area contributed by atoms with E-state index in [0.717, 1.165) is 26.2 Å². The van der Waals surface area contributed by atoms with Crippen LogP contribution in [0.1, 0.15) is 13.8 Å². The maximum Gasteiger partial charge on any atom is 0.323 e. The van der Waals surface area contributed by atoms with Crippen molar-refractivity contribution in [1.29, 1.82) is 0 Å². The summed E-state index contributed by atoms with van der Waals surface area (Å²) in [4.78, 5) is 20.2. The molecule has 0 amide bonds. The Kier molecular flexibility index (Phi) is 4.74. The van der Waals surface area contributed by atoms with E-state index in [1.54, 1.807) is 0 Å². The van der Waals surface area contributed by atoms with Crippen LogP contribution in [0, 0.1) is 0 Å². The first-order valence-corrected chi connectivity index (χ1v) is 6.78. The van der Waals surface area contributed by atoms with Crippen molar-refractivity contribution in [3.63, 3.8) is 0 Å². The second-order valence-electron chi connectivity index (χ2n) is 4.66. The van der Waals surface area contributed by atoms with Gasteiger partial charge in [0.2, 0.25) is 0 Å². The van der Waals surface area contributed by atoms with Gasteiger partial charge in [0.25, 0.3) is 0 Å². The van der Waals surface area contributed by atoms with Gasteiger partial charge >= 0.3 is 5.97 Å². The van der Waals surface area contributed by atoms with E-state index in [0.29, 0.717) is 6.61 Å². The highest BCUT2D eigenvalue weighted by Crippen LogP contribution is 2.16. The number of rotatable bonds is 4. The highest BCUT2D eigenvalue weighted by molar-refractivity contribution is 5.75. The molecule has 0 aliphatic carbocycles. The van der Waals surface area contributed by atoms with Gasteiger partial charge in [-0.05, 0) is 26.0 Å². The quantitative estimate of drug-likeness (QED) is 0.763. The monoisotopic (exact) mass is 263 g/mol. The maximum absolute atomic E-state index is 11.7. The van der Waals surface area contributed by atoms with Crippen molar-refractivity contribution in [2.75, 3.05) is 37.7 Å². The van der Waals surface area contributed by atoms with Crippen LogP contribution in [-0.4, -0.2) is 54.7 Å². The Morgan fingerprint density at radius 3 is 2.53 bits per heavy atom. The Hall–Kier alpha value is -1.62. The fourth-order valence-electron chi connectivity index (χ4n) is 2.33. The highest BCUT2D eigenvalue weighted by atomic mass is 16.5. The second-order valence-corrected chi connectivity index (χ2v) is 4.66. The van der Waals surface area contributed by atoms with Gasteiger partial charge in [0.1, 0.15) is 6.04 Å². The normalized spacial score (nSPS) is 18.1. The Morgan fingerprint density at radius 2 is 1.95 bits per heavy atom. The van der Waals surface area contributed by atoms with Crippen molar-refractivity contribution in [2.45, 2.75) is 19.9 Å². The number of esters is 1. The minimum Gasteiger partial charge on any atom is -0.465 e. The van der Waals surface area contributed by atoms with Crippen LogP contribution in [0.3, 0.4) is 0 Å². The Balaban J connectivity index is 1.87. The molecule has 1 aliphatic heterocycles. The van der Waals surface area contributed by atoms with Gasteiger partial charge < -0.3 is 9.64 Å². The number of carbonyl (C=O) groups excluding carboxylic acids is 1. The van der Waals surface area contributed by atoms with Gasteiger partial charge in [-0.25, -0.2) is 0 Å². The summed E-state index contributed by atoms with van der Waals surface area (Å²) in [5.74, 6) is -0.125. The van der Waals surface area contributed by atoms with Crippen molar-refractivity contribution in [3.8, 4) is 0 Å². The van der Waals surface area contributed by atoms with E-state index in [1.807, 2.05) is 38.4 Å². The number of ether oxygens (including phenoxy) is 1. The first-order chi connectivity index (χ1) is 9.22. The van der Waals surface area contributed by atoms with Crippen LogP contribution in [0.5, 0.6) is 0 Å². The van der Waals surface area contributed by atoms with E-state index in [4.69, 9.17) is 4.74 Å². The van der Waals surface area contributed by atoms with Crippen molar-refractivity contribution < 1.29 is 9.53 Å². The standard InChI is InChI=1S/C14H21N3O2/c1-3-19-14(18)12(2)16-8-10-17(11-9-16)13-4-6-15-7-5-13/h4-7,12H,3,8-11H2,1-2H3. The predicted octanol–water partition coefficient (Wildman–Crippen LogP) is 1.16. The number of piperazine rings is 1. The number of nitrogens with zero attached hydrogens (tertiary/aromatic N) is 3. The van der Waals surface area contributed by atoms with Crippen LogP contribution in [-0.2, 0) is 9.53 Å². The van der Waals surface area contributed by atoms with E-state index >= 15 is 0 Å². The van der Waals surface area contributed by atoms with E-state index in [-0.39, 0.29) is 12.0 Å². The third-order valence-corrected chi connectivity index (χ3v) is 3.52. The van der Waals surface area contributed by atoms with Gasteiger partial charge in [0.05, 0.1) is 6.61 Å². The van der Waals surface area contributed by atoms with Crippen LogP contribution in [0.15, 0.2) is 24.5 Å². The lowest BCUT2D eigenvalue weighted by Gasteiger charge is -2.38. The molecule has 1 atom stereocenters. The largest absolute Gasteiger partial charge is 0.465 e. The molecule has 0 saturated carbocycles.